The molecule has 3 N–H and O–H groups in total. The highest BCUT2D eigenvalue weighted by molar-refractivity contribution is 5.93. The molecule has 3 nitrogen and oxygen atoms in total. The van der Waals surface area contributed by atoms with E-state index in [1.54, 1.807) is 0 Å². The van der Waals surface area contributed by atoms with Crippen LogP contribution in [-0.4, -0.2) is 11.9 Å². The first-order chi connectivity index (χ1) is 9.79. The van der Waals surface area contributed by atoms with Crippen LogP contribution in [0.25, 0.3) is 0 Å². The van der Waals surface area contributed by atoms with Crippen LogP contribution < -0.4 is 11.1 Å². The van der Waals surface area contributed by atoms with Gasteiger partial charge in [0.15, 0.2) is 0 Å². The van der Waals surface area contributed by atoms with Crippen LogP contribution in [0.2, 0.25) is 0 Å². The third-order valence-electron chi connectivity index (χ3n) is 3.98. The van der Waals surface area contributed by atoms with Crippen molar-refractivity contribution in [3.63, 3.8) is 0 Å². The second kappa shape index (κ2) is 6.05. The molecule has 1 aromatic rings. The number of anilines is 1. The highest BCUT2D eigenvalue weighted by Gasteiger charge is 2.33. The Morgan fingerprint density at radius 2 is 2.05 bits per heavy atom. The van der Waals surface area contributed by atoms with E-state index < -0.39 is 11.7 Å². The number of nitrogens with one attached hydrogen (secondary N) is 1. The molecule has 2 rings (SSSR count). The minimum atomic E-state index is -4.42. The van der Waals surface area contributed by atoms with Gasteiger partial charge in [0, 0.05) is 17.6 Å². The largest absolute Gasteiger partial charge is 0.416 e. The van der Waals surface area contributed by atoms with Crippen molar-refractivity contribution in [3.05, 3.63) is 29.3 Å². The summed E-state index contributed by atoms with van der Waals surface area (Å²) in [7, 11) is 0. The molecule has 0 spiro atoms. The zero-order valence-corrected chi connectivity index (χ0v) is 11.8. The lowest BCUT2D eigenvalue weighted by atomic mass is 9.85. The lowest BCUT2D eigenvalue weighted by molar-refractivity contribution is -0.138. The lowest BCUT2D eigenvalue weighted by Crippen LogP contribution is -2.34. The Morgan fingerprint density at radius 1 is 1.33 bits per heavy atom. The molecular weight excluding hydrogens is 281 g/mol. The lowest BCUT2D eigenvalue weighted by Gasteiger charge is -2.26. The van der Waals surface area contributed by atoms with E-state index in [0.29, 0.717) is 6.42 Å². The highest BCUT2D eigenvalue weighted by atomic mass is 19.4. The van der Waals surface area contributed by atoms with E-state index in [2.05, 4.69) is 5.32 Å². The highest BCUT2D eigenvalue weighted by Crippen LogP contribution is 2.35. The molecule has 1 aliphatic carbocycles. The van der Waals surface area contributed by atoms with E-state index in [1.807, 2.05) is 0 Å². The quantitative estimate of drug-likeness (QED) is 0.878. The number of carbonyl (C=O) groups excluding carboxylic acids is 1. The van der Waals surface area contributed by atoms with Gasteiger partial charge in [0.2, 0.25) is 5.91 Å². The van der Waals surface area contributed by atoms with E-state index in [-0.39, 0.29) is 29.1 Å². The Morgan fingerprint density at radius 3 is 2.67 bits per heavy atom. The predicted molar refractivity (Wildman–Crippen MR) is 74.7 cm³/mol. The number of nitrogens with two attached hydrogens (primary N) is 1. The predicted octanol–water partition coefficient (Wildman–Crippen LogP) is 3.47. The molecule has 1 saturated carbocycles. The van der Waals surface area contributed by atoms with Crippen LogP contribution in [-0.2, 0) is 11.0 Å². The fraction of sp³-hybridized carbons (Fsp3) is 0.533. The van der Waals surface area contributed by atoms with Crippen molar-refractivity contribution in [2.75, 3.05) is 5.32 Å². The van der Waals surface area contributed by atoms with Crippen molar-refractivity contribution in [2.24, 2.45) is 11.7 Å². The number of hydrogen-bond donors (Lipinski definition) is 2. The summed E-state index contributed by atoms with van der Waals surface area (Å²) in [5.74, 6) is -0.463. The van der Waals surface area contributed by atoms with Gasteiger partial charge in [-0.15, -0.1) is 0 Å². The first kappa shape index (κ1) is 15.8. The smallest absolute Gasteiger partial charge is 0.328 e. The van der Waals surface area contributed by atoms with E-state index in [0.717, 1.165) is 25.3 Å². The van der Waals surface area contributed by atoms with E-state index in [4.69, 9.17) is 5.73 Å². The number of benzene rings is 1. The molecule has 116 valence electrons. The molecule has 0 aliphatic heterocycles. The monoisotopic (exact) mass is 300 g/mol. The number of rotatable bonds is 2. The van der Waals surface area contributed by atoms with Crippen molar-refractivity contribution in [3.8, 4) is 0 Å². The van der Waals surface area contributed by atoms with Crippen LogP contribution in [0.1, 0.15) is 36.8 Å². The van der Waals surface area contributed by atoms with Crippen LogP contribution in [0.3, 0.4) is 0 Å². The van der Waals surface area contributed by atoms with Crippen LogP contribution in [0, 0.1) is 12.8 Å². The molecule has 21 heavy (non-hydrogen) atoms. The average molecular weight is 300 g/mol. The molecule has 1 aliphatic rings. The molecule has 1 amide bonds. The van der Waals surface area contributed by atoms with Crippen molar-refractivity contribution < 1.29 is 18.0 Å². The maximum atomic E-state index is 12.8. The molecule has 0 aromatic heterocycles. The van der Waals surface area contributed by atoms with Crippen LogP contribution in [0.15, 0.2) is 18.2 Å². The zero-order valence-electron chi connectivity index (χ0n) is 11.8. The molecule has 0 radical (unpaired) electrons. The zero-order chi connectivity index (χ0) is 15.6. The van der Waals surface area contributed by atoms with Crippen molar-refractivity contribution >= 4 is 11.6 Å². The first-order valence-electron chi connectivity index (χ1n) is 7.02. The molecule has 2 unspecified atom stereocenters. The summed E-state index contributed by atoms with van der Waals surface area (Å²) in [6.07, 6.45) is -1.33. The van der Waals surface area contributed by atoms with Gasteiger partial charge in [-0.2, -0.15) is 13.2 Å². The van der Waals surface area contributed by atoms with Gasteiger partial charge in [0.1, 0.15) is 0 Å². The number of hydrogen-bond acceptors (Lipinski definition) is 2. The summed E-state index contributed by atoms with van der Waals surface area (Å²) in [5, 5.41) is 2.62. The van der Waals surface area contributed by atoms with Gasteiger partial charge in [0.05, 0.1) is 5.56 Å². The Balaban J connectivity index is 2.14. The summed E-state index contributed by atoms with van der Waals surface area (Å²) in [4.78, 5) is 12.2. The summed E-state index contributed by atoms with van der Waals surface area (Å²) >= 11 is 0. The van der Waals surface area contributed by atoms with Gasteiger partial charge in [-0.3, -0.25) is 4.79 Å². The van der Waals surface area contributed by atoms with E-state index in [1.165, 1.54) is 19.1 Å². The number of alkyl halides is 3. The second-order valence-corrected chi connectivity index (χ2v) is 5.59. The summed E-state index contributed by atoms with van der Waals surface area (Å²) in [6.45, 7) is 1.37. The van der Waals surface area contributed by atoms with Crippen molar-refractivity contribution in [2.45, 2.75) is 44.8 Å². The number of amides is 1. The molecule has 0 bridgehead atoms. The summed E-state index contributed by atoms with van der Waals surface area (Å²) in [6, 6.07) is 3.81. The van der Waals surface area contributed by atoms with E-state index >= 15 is 0 Å². The number of halogens is 3. The van der Waals surface area contributed by atoms with Gasteiger partial charge < -0.3 is 11.1 Å². The van der Waals surface area contributed by atoms with Crippen LogP contribution >= 0.6 is 0 Å². The molecule has 1 aromatic carbocycles. The SMILES string of the molecule is Cc1c(NC(=O)C2CCCC(N)C2)cccc1C(F)(F)F. The fourth-order valence-corrected chi connectivity index (χ4v) is 2.78. The molecule has 0 heterocycles. The molecule has 6 heteroatoms. The molecular formula is C15H19F3N2O. The van der Waals surface area contributed by atoms with Gasteiger partial charge in [-0.05, 0) is 43.9 Å². The van der Waals surface area contributed by atoms with Gasteiger partial charge in [-0.25, -0.2) is 0 Å². The Kier molecular flexibility index (Phi) is 4.56. The van der Waals surface area contributed by atoms with Crippen molar-refractivity contribution in [1.29, 1.82) is 0 Å². The summed E-state index contributed by atoms with van der Waals surface area (Å²) < 4.78 is 38.5. The Labute approximate surface area is 121 Å². The third-order valence-corrected chi connectivity index (χ3v) is 3.98. The van der Waals surface area contributed by atoms with Crippen LogP contribution in [0.5, 0.6) is 0 Å². The third kappa shape index (κ3) is 3.75. The summed E-state index contributed by atoms with van der Waals surface area (Å²) in [5.41, 5.74) is 5.37. The van der Waals surface area contributed by atoms with E-state index in [9.17, 15) is 18.0 Å². The van der Waals surface area contributed by atoms with Gasteiger partial charge in [-0.1, -0.05) is 12.5 Å². The van der Waals surface area contributed by atoms with Gasteiger partial charge >= 0.3 is 6.18 Å². The number of carbonyl (C=O) groups is 1. The van der Waals surface area contributed by atoms with Crippen molar-refractivity contribution in [1.82, 2.24) is 0 Å². The first-order valence-corrected chi connectivity index (χ1v) is 7.02. The van der Waals surface area contributed by atoms with Gasteiger partial charge in [0.25, 0.3) is 0 Å². The maximum absolute atomic E-state index is 12.8. The van der Waals surface area contributed by atoms with Crippen LogP contribution in [0.4, 0.5) is 18.9 Å². The normalized spacial score (nSPS) is 22.9. The Bertz CT molecular complexity index is 528. The molecule has 2 atom stereocenters. The minimum Gasteiger partial charge on any atom is -0.328 e. The second-order valence-electron chi connectivity index (χ2n) is 5.59. The standard InChI is InChI=1S/C15H19F3N2O/c1-9-12(15(16,17)18)6-3-7-13(9)20-14(21)10-4-2-5-11(19)8-10/h3,6-7,10-11H,2,4-5,8,19H2,1H3,(H,20,21). The minimum absolute atomic E-state index is 0.00268. The fourth-order valence-electron chi connectivity index (χ4n) is 2.78. The maximum Gasteiger partial charge on any atom is 0.416 e. The Hall–Kier alpha value is -1.56. The topological polar surface area (TPSA) is 55.1 Å². The molecule has 1 fully saturated rings. The average Bonchev–Trinajstić information content (AvgIpc) is 2.39. The molecule has 0 saturated heterocycles.